The van der Waals surface area contributed by atoms with E-state index in [-0.39, 0.29) is 20.7 Å². The highest BCUT2D eigenvalue weighted by Crippen LogP contribution is 2.16. The van der Waals surface area contributed by atoms with E-state index in [0.717, 1.165) is 0 Å². The van der Waals surface area contributed by atoms with Crippen molar-refractivity contribution in [2.75, 3.05) is 0 Å². The van der Waals surface area contributed by atoms with Crippen LogP contribution in [0.25, 0.3) is 6.08 Å². The van der Waals surface area contributed by atoms with Crippen LogP contribution in [0.2, 0.25) is 0 Å². The summed E-state index contributed by atoms with van der Waals surface area (Å²) < 4.78 is 4.57. The zero-order valence-electron chi connectivity index (χ0n) is 5.29. The molecular formula is C8H6IN. The van der Waals surface area contributed by atoms with Crippen molar-refractivity contribution in [1.82, 2.24) is 4.98 Å². The van der Waals surface area contributed by atoms with Gasteiger partial charge in [0.25, 0.3) is 0 Å². The fourth-order valence-corrected chi connectivity index (χ4v) is 2.62. The Morgan fingerprint density at radius 3 is 3.20 bits per heavy atom. The van der Waals surface area contributed by atoms with Crippen LogP contribution in [-0.4, -0.2) is 9.00 Å². The smallest absolute Gasteiger partial charge is 0.0346 e. The third-order valence-electron chi connectivity index (χ3n) is 1.38. The highest BCUT2D eigenvalue weighted by Gasteiger charge is 1.96. The van der Waals surface area contributed by atoms with Crippen LogP contribution in [0.3, 0.4) is 0 Å². The zero-order chi connectivity index (χ0) is 6.81. The molecule has 50 valence electrons. The van der Waals surface area contributed by atoms with Crippen molar-refractivity contribution in [3.63, 3.8) is 0 Å². The van der Waals surface area contributed by atoms with E-state index >= 15 is 0 Å². The quantitative estimate of drug-likeness (QED) is 0.636. The summed E-state index contributed by atoms with van der Waals surface area (Å²) in [5.74, 6) is 0. The molecule has 0 radical (unpaired) electrons. The van der Waals surface area contributed by atoms with Gasteiger partial charge in [0.1, 0.15) is 0 Å². The Morgan fingerprint density at radius 1 is 1.30 bits per heavy atom. The molecule has 10 heavy (non-hydrogen) atoms. The normalized spacial score (nSPS) is 14.0. The number of rotatable bonds is 0. The van der Waals surface area contributed by atoms with E-state index in [0.29, 0.717) is 0 Å². The van der Waals surface area contributed by atoms with E-state index in [9.17, 15) is 0 Å². The summed E-state index contributed by atoms with van der Waals surface area (Å²) in [6.07, 6.45) is 5.92. The second-order valence-electron chi connectivity index (χ2n) is 2.03. The van der Waals surface area contributed by atoms with E-state index in [2.05, 4.69) is 25.2 Å². The van der Waals surface area contributed by atoms with E-state index in [4.69, 9.17) is 0 Å². The summed E-state index contributed by atoms with van der Waals surface area (Å²) in [5, 5.41) is 0. The van der Waals surface area contributed by atoms with Gasteiger partial charge in [0, 0.05) is 18.0 Å². The maximum atomic E-state index is 4.04. The summed E-state index contributed by atoms with van der Waals surface area (Å²) in [6.45, 7) is 0. The standard InChI is InChI=1S/C8H6IN/c1-3-9-5-7-2-4-10-6-8(1)7/h1-6H. The lowest BCUT2D eigenvalue weighted by Crippen LogP contribution is -1.87. The molecule has 0 unspecified atom stereocenters. The van der Waals surface area contributed by atoms with Crippen molar-refractivity contribution < 1.29 is 0 Å². The monoisotopic (exact) mass is 243 g/mol. The highest BCUT2D eigenvalue weighted by molar-refractivity contribution is 14.2. The van der Waals surface area contributed by atoms with Crippen LogP contribution >= 0.6 is 20.7 Å². The van der Waals surface area contributed by atoms with E-state index < -0.39 is 0 Å². The molecule has 0 saturated carbocycles. The summed E-state index contributed by atoms with van der Waals surface area (Å²) in [5.41, 5.74) is 2.61. The van der Waals surface area contributed by atoms with Crippen molar-refractivity contribution >= 4 is 30.8 Å². The Hall–Kier alpha value is -0.510. The van der Waals surface area contributed by atoms with Crippen LogP contribution in [-0.2, 0) is 0 Å². The van der Waals surface area contributed by atoms with E-state index in [1.165, 1.54) is 11.1 Å². The average Bonchev–Trinajstić information content (AvgIpc) is 2.05. The first-order valence-electron chi connectivity index (χ1n) is 3.02. The van der Waals surface area contributed by atoms with Gasteiger partial charge in [-0.3, -0.25) is 4.98 Å². The molecule has 1 aliphatic rings. The fraction of sp³-hybridized carbons (Fsp3) is 0. The van der Waals surface area contributed by atoms with Gasteiger partial charge in [0.15, 0.2) is 0 Å². The Bertz CT molecular complexity index is 271. The molecule has 0 aliphatic carbocycles. The molecule has 0 aromatic carbocycles. The van der Waals surface area contributed by atoms with Gasteiger partial charge in [-0.25, -0.2) is 0 Å². The first kappa shape index (κ1) is 6.22. The molecule has 1 aromatic heterocycles. The SMILES string of the molecule is C1=Cc2cnccc2C=I1. The highest BCUT2D eigenvalue weighted by atomic mass is 127. The second kappa shape index (κ2) is 2.62. The topological polar surface area (TPSA) is 12.9 Å². The zero-order valence-corrected chi connectivity index (χ0v) is 7.45. The van der Waals surface area contributed by atoms with Gasteiger partial charge in [0.2, 0.25) is 0 Å². The minimum absolute atomic E-state index is 0.192. The molecule has 0 N–H and O–H groups in total. The molecule has 1 aromatic rings. The second-order valence-corrected chi connectivity index (χ2v) is 4.09. The first-order chi connectivity index (χ1) is 4.97. The van der Waals surface area contributed by atoms with E-state index in [1.807, 2.05) is 12.4 Å². The Kier molecular flexibility index (Phi) is 1.63. The van der Waals surface area contributed by atoms with Gasteiger partial charge in [-0.05, 0) is 25.8 Å². The molecule has 0 atom stereocenters. The fourth-order valence-electron chi connectivity index (χ4n) is 0.865. The predicted octanol–water partition coefficient (Wildman–Crippen LogP) is 2.19. The maximum Gasteiger partial charge on any atom is 0.0346 e. The van der Waals surface area contributed by atoms with Crippen molar-refractivity contribution in [2.24, 2.45) is 0 Å². The molecule has 0 saturated heterocycles. The Morgan fingerprint density at radius 2 is 2.30 bits per heavy atom. The Balaban J connectivity index is 2.65. The summed E-state index contributed by atoms with van der Waals surface area (Å²) in [6, 6.07) is 2.07. The molecule has 2 heterocycles. The van der Waals surface area contributed by atoms with Crippen LogP contribution in [0.5, 0.6) is 0 Å². The lowest BCUT2D eigenvalue weighted by molar-refractivity contribution is 1.31. The summed E-state index contributed by atoms with van der Waals surface area (Å²) >= 11 is 0.192. The van der Waals surface area contributed by atoms with Gasteiger partial charge >= 0.3 is 0 Å². The van der Waals surface area contributed by atoms with Crippen molar-refractivity contribution in [2.45, 2.75) is 0 Å². The lowest BCUT2D eigenvalue weighted by atomic mass is 10.2. The summed E-state index contributed by atoms with van der Waals surface area (Å²) in [7, 11) is 0. The molecule has 2 heteroatoms. The third-order valence-corrected chi connectivity index (χ3v) is 3.19. The number of hydrogen-bond acceptors (Lipinski definition) is 1. The predicted molar refractivity (Wildman–Crippen MR) is 52.5 cm³/mol. The van der Waals surface area contributed by atoms with Crippen LogP contribution < -0.4 is 0 Å². The van der Waals surface area contributed by atoms with Gasteiger partial charge in [-0.15, -0.1) is 0 Å². The molecular weight excluding hydrogens is 237 g/mol. The van der Waals surface area contributed by atoms with Crippen LogP contribution in [0.15, 0.2) is 22.5 Å². The molecule has 0 bridgehead atoms. The van der Waals surface area contributed by atoms with Crippen molar-refractivity contribution in [3.8, 4) is 0 Å². The molecule has 0 spiro atoms. The Labute approximate surface area is 69.5 Å². The number of fused-ring (bicyclic) bond motifs is 1. The largest absolute Gasteiger partial charge is 0.264 e. The molecule has 0 fully saturated rings. The summed E-state index contributed by atoms with van der Waals surface area (Å²) in [4.78, 5) is 4.04. The molecule has 0 amide bonds. The first-order valence-corrected chi connectivity index (χ1v) is 5.52. The van der Waals surface area contributed by atoms with E-state index in [1.54, 1.807) is 0 Å². The van der Waals surface area contributed by atoms with Crippen LogP contribution in [0.4, 0.5) is 0 Å². The number of halogens is 1. The maximum absolute atomic E-state index is 4.04. The van der Waals surface area contributed by atoms with Crippen LogP contribution in [0.1, 0.15) is 11.1 Å². The number of hydrogen-bond donors (Lipinski definition) is 0. The average molecular weight is 243 g/mol. The minimum atomic E-state index is 0.192. The van der Waals surface area contributed by atoms with Crippen molar-refractivity contribution in [3.05, 3.63) is 33.7 Å². The molecule has 1 aliphatic heterocycles. The van der Waals surface area contributed by atoms with Gasteiger partial charge < -0.3 is 0 Å². The van der Waals surface area contributed by atoms with Gasteiger partial charge in [-0.1, -0.05) is 20.7 Å². The number of pyridine rings is 1. The lowest BCUT2D eigenvalue weighted by Gasteiger charge is -2.00. The molecule has 1 nitrogen and oxygen atoms in total. The number of aromatic nitrogens is 1. The molecule has 2 rings (SSSR count). The van der Waals surface area contributed by atoms with Crippen molar-refractivity contribution in [1.29, 1.82) is 0 Å². The number of nitrogens with zero attached hydrogens (tertiary/aromatic N) is 1. The van der Waals surface area contributed by atoms with Crippen LogP contribution in [0, 0.1) is 0 Å². The van der Waals surface area contributed by atoms with Gasteiger partial charge in [-0.2, -0.15) is 0 Å². The van der Waals surface area contributed by atoms with Gasteiger partial charge in [0.05, 0.1) is 0 Å². The minimum Gasteiger partial charge on any atom is -0.264 e. The third kappa shape index (κ3) is 1.03.